The van der Waals surface area contributed by atoms with Crippen LogP contribution in [0.1, 0.15) is 28.9 Å². The lowest BCUT2D eigenvalue weighted by Crippen LogP contribution is -2.40. The third-order valence-electron chi connectivity index (χ3n) is 4.23. The molecular formula is C18H20F2N4O2S. The number of carbonyl (C=O) groups excluding carboxylic acids is 2. The van der Waals surface area contributed by atoms with Crippen LogP contribution in [0.2, 0.25) is 0 Å². The summed E-state index contributed by atoms with van der Waals surface area (Å²) in [4.78, 5) is 24.7. The highest BCUT2D eigenvalue weighted by atomic mass is 32.1. The quantitative estimate of drug-likeness (QED) is 0.642. The predicted octanol–water partition coefficient (Wildman–Crippen LogP) is 3.06. The molecule has 1 aromatic carbocycles. The molecule has 0 radical (unpaired) electrons. The predicted molar refractivity (Wildman–Crippen MR) is 101 cm³/mol. The second kappa shape index (κ2) is 8.45. The van der Waals surface area contributed by atoms with E-state index < -0.39 is 17.7 Å². The molecule has 3 rings (SSSR count). The van der Waals surface area contributed by atoms with Crippen molar-refractivity contribution in [3.8, 4) is 10.4 Å². The molecule has 1 aromatic heterocycles. The Balaban J connectivity index is 1.89. The molecule has 9 heteroatoms. The molecule has 5 N–H and O–H groups in total. The van der Waals surface area contributed by atoms with Crippen molar-refractivity contribution in [3.63, 3.8) is 0 Å². The summed E-state index contributed by atoms with van der Waals surface area (Å²) in [6.07, 6.45) is 2.91. The number of nitrogens with one attached hydrogen (secondary N) is 3. The molecule has 1 aliphatic rings. The highest BCUT2D eigenvalue weighted by Gasteiger charge is 2.22. The van der Waals surface area contributed by atoms with Crippen LogP contribution in [-0.4, -0.2) is 31.1 Å². The maximum absolute atomic E-state index is 13.5. The zero-order valence-corrected chi connectivity index (χ0v) is 15.3. The normalized spacial score (nSPS) is 17.2. The molecule has 1 atom stereocenters. The van der Waals surface area contributed by atoms with Gasteiger partial charge in [-0.1, -0.05) is 6.42 Å². The Morgan fingerprint density at radius 2 is 1.89 bits per heavy atom. The molecule has 0 saturated carbocycles. The topological polar surface area (TPSA) is 96.2 Å². The fourth-order valence-electron chi connectivity index (χ4n) is 3.02. The smallest absolute Gasteiger partial charge is 0.316 e. The van der Waals surface area contributed by atoms with Gasteiger partial charge in [-0.3, -0.25) is 4.79 Å². The van der Waals surface area contributed by atoms with Crippen LogP contribution in [0.4, 0.5) is 19.3 Å². The van der Waals surface area contributed by atoms with Gasteiger partial charge in [-0.15, -0.1) is 11.3 Å². The van der Waals surface area contributed by atoms with E-state index in [0.29, 0.717) is 11.4 Å². The first-order valence-corrected chi connectivity index (χ1v) is 9.42. The van der Waals surface area contributed by atoms with Crippen LogP contribution in [0.15, 0.2) is 24.3 Å². The van der Waals surface area contributed by atoms with Crippen molar-refractivity contribution in [2.45, 2.75) is 25.3 Å². The summed E-state index contributed by atoms with van der Waals surface area (Å²) in [6.45, 7) is 1.58. The number of nitrogens with two attached hydrogens (primary N) is 1. The van der Waals surface area contributed by atoms with Crippen molar-refractivity contribution >= 4 is 29.0 Å². The molecule has 0 bridgehead atoms. The molecule has 0 aliphatic carbocycles. The molecular weight excluding hydrogens is 374 g/mol. The van der Waals surface area contributed by atoms with Gasteiger partial charge >= 0.3 is 6.03 Å². The van der Waals surface area contributed by atoms with E-state index in [4.69, 9.17) is 5.73 Å². The molecule has 0 unspecified atom stereocenters. The van der Waals surface area contributed by atoms with E-state index in [0.717, 1.165) is 43.2 Å². The SMILES string of the molecule is NC(=O)Nc1cc(-c2cc(F)cc(F)c2)sc1C(=O)N[C@H]1CCCCNC1. The third-order valence-corrected chi connectivity index (χ3v) is 5.41. The van der Waals surface area contributed by atoms with Gasteiger partial charge in [0.05, 0.1) is 5.69 Å². The number of halogens is 2. The van der Waals surface area contributed by atoms with E-state index in [1.807, 2.05) is 0 Å². The summed E-state index contributed by atoms with van der Waals surface area (Å²) in [7, 11) is 0. The van der Waals surface area contributed by atoms with Gasteiger partial charge < -0.3 is 21.7 Å². The highest BCUT2D eigenvalue weighted by molar-refractivity contribution is 7.18. The molecule has 144 valence electrons. The number of urea groups is 1. The number of amides is 3. The Bertz CT molecular complexity index is 828. The number of primary amides is 1. The molecule has 1 aliphatic heterocycles. The largest absolute Gasteiger partial charge is 0.351 e. The highest BCUT2D eigenvalue weighted by Crippen LogP contribution is 2.35. The van der Waals surface area contributed by atoms with E-state index in [1.165, 1.54) is 18.2 Å². The number of benzene rings is 1. The van der Waals surface area contributed by atoms with E-state index in [9.17, 15) is 18.4 Å². The Hall–Kier alpha value is -2.52. The van der Waals surface area contributed by atoms with Crippen LogP contribution in [0.25, 0.3) is 10.4 Å². The van der Waals surface area contributed by atoms with Gasteiger partial charge in [-0.25, -0.2) is 13.6 Å². The molecule has 1 saturated heterocycles. The van der Waals surface area contributed by atoms with Crippen LogP contribution in [0.3, 0.4) is 0 Å². The molecule has 2 aromatic rings. The Labute approximate surface area is 159 Å². The number of hydrogen-bond donors (Lipinski definition) is 4. The number of rotatable bonds is 4. The minimum Gasteiger partial charge on any atom is -0.351 e. The monoisotopic (exact) mass is 394 g/mol. The maximum atomic E-state index is 13.5. The van der Waals surface area contributed by atoms with Crippen molar-refractivity contribution in [3.05, 3.63) is 40.8 Å². The Morgan fingerprint density at radius 1 is 1.15 bits per heavy atom. The van der Waals surface area contributed by atoms with Gasteiger partial charge in [0.2, 0.25) is 0 Å². The lowest BCUT2D eigenvalue weighted by atomic mass is 10.1. The van der Waals surface area contributed by atoms with Crippen molar-refractivity contribution in [2.75, 3.05) is 18.4 Å². The summed E-state index contributed by atoms with van der Waals surface area (Å²) in [5, 5.41) is 8.61. The summed E-state index contributed by atoms with van der Waals surface area (Å²) >= 11 is 1.04. The third kappa shape index (κ3) is 5.01. The lowest BCUT2D eigenvalue weighted by molar-refractivity contribution is 0.0940. The number of carbonyl (C=O) groups is 2. The van der Waals surface area contributed by atoms with Crippen molar-refractivity contribution < 1.29 is 18.4 Å². The minimum atomic E-state index is -0.824. The summed E-state index contributed by atoms with van der Waals surface area (Å²) in [6, 6.07) is 3.74. The standard InChI is InChI=1S/C18H20F2N4O2S/c19-11-5-10(6-12(20)7-11)15-8-14(24-18(21)26)16(27-15)17(25)23-13-3-1-2-4-22-9-13/h5-8,13,22H,1-4,9H2,(H,23,25)(H3,21,24,26)/t13-/m0/s1. The first kappa shape index (κ1) is 19.2. The molecule has 1 fully saturated rings. The molecule has 2 heterocycles. The maximum Gasteiger partial charge on any atom is 0.316 e. The summed E-state index contributed by atoms with van der Waals surface area (Å²) in [5.74, 6) is -1.81. The van der Waals surface area contributed by atoms with Crippen molar-refractivity contribution in [2.24, 2.45) is 5.73 Å². The molecule has 27 heavy (non-hydrogen) atoms. The first-order valence-electron chi connectivity index (χ1n) is 8.60. The van der Waals surface area contributed by atoms with E-state index in [2.05, 4.69) is 16.0 Å². The van der Waals surface area contributed by atoms with Gasteiger partial charge in [0.25, 0.3) is 5.91 Å². The zero-order chi connectivity index (χ0) is 19.4. The van der Waals surface area contributed by atoms with E-state index in [-0.39, 0.29) is 28.1 Å². The molecule has 6 nitrogen and oxygen atoms in total. The van der Waals surface area contributed by atoms with Crippen LogP contribution in [0, 0.1) is 11.6 Å². The zero-order valence-electron chi connectivity index (χ0n) is 14.5. The van der Waals surface area contributed by atoms with Gasteiger partial charge in [0.15, 0.2) is 0 Å². The van der Waals surface area contributed by atoms with Crippen LogP contribution in [-0.2, 0) is 0 Å². The minimum absolute atomic E-state index is 0.0291. The first-order chi connectivity index (χ1) is 12.9. The lowest BCUT2D eigenvalue weighted by Gasteiger charge is -2.16. The van der Waals surface area contributed by atoms with Gasteiger partial charge in [-0.2, -0.15) is 0 Å². The van der Waals surface area contributed by atoms with Gasteiger partial charge in [0, 0.05) is 23.5 Å². The Kier molecular flexibility index (Phi) is 6.02. The van der Waals surface area contributed by atoms with E-state index in [1.54, 1.807) is 0 Å². The average Bonchev–Trinajstić information content (AvgIpc) is 2.82. The van der Waals surface area contributed by atoms with Crippen LogP contribution in [0.5, 0.6) is 0 Å². The number of anilines is 1. The molecule has 3 amide bonds. The van der Waals surface area contributed by atoms with Gasteiger partial charge in [0.1, 0.15) is 16.5 Å². The Morgan fingerprint density at radius 3 is 2.59 bits per heavy atom. The summed E-state index contributed by atoms with van der Waals surface area (Å²) in [5.41, 5.74) is 5.68. The van der Waals surface area contributed by atoms with Crippen LogP contribution < -0.4 is 21.7 Å². The number of hydrogen-bond acceptors (Lipinski definition) is 4. The fourth-order valence-corrected chi connectivity index (χ4v) is 4.02. The van der Waals surface area contributed by atoms with Gasteiger partial charge in [-0.05, 0) is 43.1 Å². The summed E-state index contributed by atoms with van der Waals surface area (Å²) < 4.78 is 27.1. The van der Waals surface area contributed by atoms with Crippen LogP contribution >= 0.6 is 11.3 Å². The van der Waals surface area contributed by atoms with Crippen molar-refractivity contribution in [1.82, 2.24) is 10.6 Å². The molecule has 0 spiro atoms. The second-order valence-corrected chi connectivity index (χ2v) is 7.42. The van der Waals surface area contributed by atoms with E-state index >= 15 is 0 Å². The van der Waals surface area contributed by atoms with Crippen molar-refractivity contribution in [1.29, 1.82) is 0 Å². The average molecular weight is 394 g/mol. The number of thiophene rings is 1. The second-order valence-electron chi connectivity index (χ2n) is 6.37. The fraction of sp³-hybridized carbons (Fsp3) is 0.333.